The number of aromatic hydroxyl groups is 1. The number of nitro benzene ring substituents is 1. The molecule has 6 nitrogen and oxygen atoms in total. The molecule has 0 unspecified atom stereocenters. The Bertz CT molecular complexity index is 731. The van der Waals surface area contributed by atoms with Crippen LogP contribution in [0.3, 0.4) is 0 Å². The Morgan fingerprint density at radius 3 is 2.67 bits per heavy atom. The van der Waals surface area contributed by atoms with Crippen LogP contribution in [0.1, 0.15) is 15.9 Å². The Kier molecular flexibility index (Phi) is 4.09. The van der Waals surface area contributed by atoms with Crippen molar-refractivity contribution < 1.29 is 14.8 Å². The quantitative estimate of drug-likeness (QED) is 0.670. The van der Waals surface area contributed by atoms with Crippen molar-refractivity contribution in [1.29, 1.82) is 0 Å². The van der Waals surface area contributed by atoms with Crippen LogP contribution >= 0.6 is 11.6 Å². The number of carbonyl (C=O) groups excluding carboxylic acids is 1. The lowest BCUT2D eigenvalue weighted by molar-refractivity contribution is -0.385. The number of phenols is 1. The molecule has 0 saturated heterocycles. The fourth-order valence-corrected chi connectivity index (χ4v) is 1.91. The number of halogens is 1. The van der Waals surface area contributed by atoms with Gasteiger partial charge in [0.05, 0.1) is 10.5 Å². The molecule has 7 heteroatoms. The molecule has 0 spiro atoms. The molecule has 0 radical (unpaired) electrons. The number of nitrogens with one attached hydrogen (secondary N) is 1. The number of hydrogen-bond acceptors (Lipinski definition) is 4. The molecule has 0 heterocycles. The van der Waals surface area contributed by atoms with Gasteiger partial charge in [0.1, 0.15) is 0 Å². The third-order valence-corrected chi connectivity index (χ3v) is 3.29. The van der Waals surface area contributed by atoms with E-state index in [2.05, 4.69) is 5.32 Å². The van der Waals surface area contributed by atoms with E-state index >= 15 is 0 Å². The molecular formula is C14H11ClN2O4. The van der Waals surface area contributed by atoms with Crippen LogP contribution < -0.4 is 5.32 Å². The van der Waals surface area contributed by atoms with Crippen molar-refractivity contribution in [1.82, 2.24) is 0 Å². The molecule has 2 N–H and O–H groups in total. The fraction of sp³-hybridized carbons (Fsp3) is 0.0714. The van der Waals surface area contributed by atoms with Gasteiger partial charge in [-0.15, -0.1) is 0 Å². The summed E-state index contributed by atoms with van der Waals surface area (Å²) in [5, 5.41) is 23.5. The minimum atomic E-state index is -0.755. The largest absolute Gasteiger partial charge is 0.502 e. The van der Waals surface area contributed by atoms with Crippen LogP contribution in [0.15, 0.2) is 36.4 Å². The van der Waals surface area contributed by atoms with E-state index in [0.717, 1.165) is 11.6 Å². The number of carbonyl (C=O) groups is 1. The molecule has 0 saturated carbocycles. The van der Waals surface area contributed by atoms with Gasteiger partial charge in [-0.1, -0.05) is 23.7 Å². The lowest BCUT2D eigenvalue weighted by atomic mass is 10.1. The minimum absolute atomic E-state index is 0.180. The molecule has 21 heavy (non-hydrogen) atoms. The second-order valence-corrected chi connectivity index (χ2v) is 4.76. The molecule has 0 atom stereocenters. The lowest BCUT2D eigenvalue weighted by Crippen LogP contribution is -2.12. The molecular weight excluding hydrogens is 296 g/mol. The summed E-state index contributed by atoms with van der Waals surface area (Å²) >= 11 is 5.95. The third-order valence-electron chi connectivity index (χ3n) is 2.89. The Labute approximate surface area is 125 Å². The van der Waals surface area contributed by atoms with Crippen molar-refractivity contribution in [2.75, 3.05) is 5.32 Å². The highest BCUT2D eigenvalue weighted by atomic mass is 35.5. The summed E-state index contributed by atoms with van der Waals surface area (Å²) in [6.45, 7) is 1.82. The maximum Gasteiger partial charge on any atom is 0.311 e. The molecule has 1 amide bonds. The summed E-state index contributed by atoms with van der Waals surface area (Å²) in [4.78, 5) is 22.0. The van der Waals surface area contributed by atoms with E-state index in [-0.39, 0.29) is 5.56 Å². The Hall–Kier alpha value is -2.60. The average molecular weight is 307 g/mol. The minimum Gasteiger partial charge on any atom is -0.502 e. The van der Waals surface area contributed by atoms with E-state index in [0.29, 0.717) is 10.7 Å². The SMILES string of the molecule is Cc1ccc(NC(=O)c2cccc([N+](=O)[O-])c2O)cc1Cl. The van der Waals surface area contributed by atoms with E-state index in [1.54, 1.807) is 18.2 Å². The van der Waals surface area contributed by atoms with Crippen LogP contribution in [0.4, 0.5) is 11.4 Å². The first-order valence-corrected chi connectivity index (χ1v) is 6.32. The smallest absolute Gasteiger partial charge is 0.311 e. The maximum absolute atomic E-state index is 12.1. The monoisotopic (exact) mass is 306 g/mol. The zero-order valence-electron chi connectivity index (χ0n) is 11.0. The van der Waals surface area contributed by atoms with Gasteiger partial charge in [0, 0.05) is 16.8 Å². The molecule has 2 rings (SSSR count). The Morgan fingerprint density at radius 1 is 1.33 bits per heavy atom. The number of aryl methyl sites for hydroxylation is 1. The topological polar surface area (TPSA) is 92.5 Å². The number of anilines is 1. The first kappa shape index (κ1) is 14.8. The Morgan fingerprint density at radius 2 is 2.05 bits per heavy atom. The van der Waals surface area contributed by atoms with Crippen LogP contribution in [-0.4, -0.2) is 15.9 Å². The zero-order valence-corrected chi connectivity index (χ0v) is 11.7. The number of benzene rings is 2. The molecule has 2 aromatic carbocycles. The fourth-order valence-electron chi connectivity index (χ4n) is 1.73. The number of amides is 1. The number of rotatable bonds is 3. The van der Waals surface area contributed by atoms with Gasteiger partial charge in [0.25, 0.3) is 5.91 Å². The predicted molar refractivity (Wildman–Crippen MR) is 78.9 cm³/mol. The van der Waals surface area contributed by atoms with Gasteiger partial charge in [-0.25, -0.2) is 0 Å². The molecule has 0 bridgehead atoms. The van der Waals surface area contributed by atoms with Crippen molar-refractivity contribution in [2.24, 2.45) is 0 Å². The van der Waals surface area contributed by atoms with Gasteiger partial charge in [-0.05, 0) is 30.7 Å². The van der Waals surface area contributed by atoms with Gasteiger partial charge < -0.3 is 10.4 Å². The Balaban J connectivity index is 2.30. The van der Waals surface area contributed by atoms with E-state index < -0.39 is 22.3 Å². The molecule has 0 aliphatic rings. The van der Waals surface area contributed by atoms with E-state index in [9.17, 15) is 20.0 Å². The number of phenolic OH excluding ortho intramolecular Hbond substituents is 1. The summed E-state index contributed by atoms with van der Waals surface area (Å²) in [6.07, 6.45) is 0. The van der Waals surface area contributed by atoms with Gasteiger partial charge >= 0.3 is 5.69 Å². The first-order valence-electron chi connectivity index (χ1n) is 5.94. The summed E-state index contributed by atoms with van der Waals surface area (Å²) < 4.78 is 0. The van der Waals surface area contributed by atoms with Gasteiger partial charge in [-0.2, -0.15) is 0 Å². The highest BCUT2D eigenvalue weighted by Crippen LogP contribution is 2.30. The highest BCUT2D eigenvalue weighted by molar-refractivity contribution is 6.31. The maximum atomic E-state index is 12.1. The van der Waals surface area contributed by atoms with Crippen molar-refractivity contribution in [3.05, 3.63) is 62.7 Å². The number of nitro groups is 1. The van der Waals surface area contributed by atoms with Crippen LogP contribution in [-0.2, 0) is 0 Å². The zero-order chi connectivity index (χ0) is 15.6. The van der Waals surface area contributed by atoms with Crippen molar-refractivity contribution in [2.45, 2.75) is 6.92 Å². The molecule has 0 fully saturated rings. The van der Waals surface area contributed by atoms with Gasteiger partial charge in [0.2, 0.25) is 5.75 Å². The van der Waals surface area contributed by atoms with Crippen molar-refractivity contribution in [3.63, 3.8) is 0 Å². The number of nitrogens with zero attached hydrogens (tertiary/aromatic N) is 1. The van der Waals surface area contributed by atoms with Gasteiger partial charge in [-0.3, -0.25) is 14.9 Å². The van der Waals surface area contributed by atoms with Crippen LogP contribution in [0.5, 0.6) is 5.75 Å². The predicted octanol–water partition coefficient (Wildman–Crippen LogP) is 3.51. The standard InChI is InChI=1S/C14H11ClN2O4/c1-8-5-6-9(7-11(8)15)16-14(19)10-3-2-4-12(13(10)18)17(20)21/h2-7,18H,1H3,(H,16,19). The normalized spacial score (nSPS) is 10.2. The van der Waals surface area contributed by atoms with Crippen LogP contribution in [0.2, 0.25) is 5.02 Å². The average Bonchev–Trinajstić information content (AvgIpc) is 2.42. The molecule has 0 aromatic heterocycles. The summed E-state index contributed by atoms with van der Waals surface area (Å²) in [5.41, 5.74) is 0.583. The van der Waals surface area contributed by atoms with E-state index in [1.165, 1.54) is 12.1 Å². The van der Waals surface area contributed by atoms with E-state index in [1.807, 2.05) is 6.92 Å². The first-order chi connectivity index (χ1) is 9.90. The summed E-state index contributed by atoms with van der Waals surface area (Å²) in [6, 6.07) is 8.68. The molecule has 108 valence electrons. The lowest BCUT2D eigenvalue weighted by Gasteiger charge is -2.08. The molecule has 0 aliphatic carbocycles. The van der Waals surface area contributed by atoms with Crippen molar-refractivity contribution >= 4 is 28.9 Å². The molecule has 2 aromatic rings. The summed E-state index contributed by atoms with van der Waals surface area (Å²) in [5.74, 6) is -1.32. The second-order valence-electron chi connectivity index (χ2n) is 4.35. The highest BCUT2D eigenvalue weighted by Gasteiger charge is 2.20. The second kappa shape index (κ2) is 5.80. The van der Waals surface area contributed by atoms with Crippen LogP contribution in [0, 0.1) is 17.0 Å². The molecule has 0 aliphatic heterocycles. The van der Waals surface area contributed by atoms with E-state index in [4.69, 9.17) is 11.6 Å². The van der Waals surface area contributed by atoms with Crippen LogP contribution in [0.25, 0.3) is 0 Å². The number of para-hydroxylation sites is 1. The third kappa shape index (κ3) is 3.11. The number of hydrogen-bond donors (Lipinski definition) is 2. The van der Waals surface area contributed by atoms with Gasteiger partial charge in [0.15, 0.2) is 0 Å². The van der Waals surface area contributed by atoms with Crippen molar-refractivity contribution in [3.8, 4) is 5.75 Å². The summed E-state index contributed by atoms with van der Waals surface area (Å²) in [7, 11) is 0.